The highest BCUT2D eigenvalue weighted by molar-refractivity contribution is 5.93. The molecule has 0 bridgehead atoms. The van der Waals surface area contributed by atoms with Gasteiger partial charge in [0.05, 0.1) is 11.0 Å². The molecule has 0 aliphatic carbocycles. The smallest absolute Gasteiger partial charge is 0.342 e. The van der Waals surface area contributed by atoms with Crippen LogP contribution in [0.25, 0.3) is 0 Å². The van der Waals surface area contributed by atoms with Crippen LogP contribution in [0, 0.1) is 10.1 Å². The van der Waals surface area contributed by atoms with Gasteiger partial charge in [0.25, 0.3) is 5.69 Å². The summed E-state index contributed by atoms with van der Waals surface area (Å²) in [5.41, 5.74) is -0.378. The van der Waals surface area contributed by atoms with E-state index in [-0.39, 0.29) is 11.6 Å². The second kappa shape index (κ2) is 5.57. The first-order valence-electron chi connectivity index (χ1n) is 6.02. The van der Waals surface area contributed by atoms with Crippen molar-refractivity contribution in [1.29, 1.82) is 0 Å². The molecule has 1 aromatic heterocycles. The minimum absolute atomic E-state index is 0.243. The van der Waals surface area contributed by atoms with Gasteiger partial charge in [-0.25, -0.2) is 4.79 Å². The van der Waals surface area contributed by atoms with Gasteiger partial charge in [0.15, 0.2) is 5.82 Å². The minimum Gasteiger partial charge on any atom is -0.477 e. The first-order chi connectivity index (χ1) is 9.90. The molecule has 0 amide bonds. The summed E-state index contributed by atoms with van der Waals surface area (Å²) in [6, 6.07) is 3.62. The number of aromatic nitrogens is 3. The molecule has 0 aliphatic rings. The maximum atomic E-state index is 10.9. The number of anilines is 1. The molecule has 1 aromatic carbocycles. The van der Waals surface area contributed by atoms with E-state index in [2.05, 4.69) is 15.5 Å². The van der Waals surface area contributed by atoms with Crippen molar-refractivity contribution in [2.45, 2.75) is 13.0 Å². The van der Waals surface area contributed by atoms with Gasteiger partial charge in [0, 0.05) is 18.8 Å². The summed E-state index contributed by atoms with van der Waals surface area (Å²) < 4.78 is 1.72. The van der Waals surface area contributed by atoms with Crippen molar-refractivity contribution in [3.8, 4) is 0 Å². The van der Waals surface area contributed by atoms with Gasteiger partial charge >= 0.3 is 5.97 Å². The van der Waals surface area contributed by atoms with Crippen LogP contribution in [0.1, 0.15) is 29.1 Å². The topological polar surface area (TPSA) is 123 Å². The standard InChI is InChI=1S/C12H13N5O4/c1-7(11-15-13-6-16(11)2)14-8-3-4-9(12(18)19)10(5-8)17(20)21/h3-7,14H,1-2H3,(H,18,19). The van der Waals surface area contributed by atoms with E-state index in [1.165, 1.54) is 18.2 Å². The SMILES string of the molecule is CC(Nc1ccc(C(=O)O)c([N+](=O)[O-])c1)c1nncn1C. The summed E-state index contributed by atoms with van der Waals surface area (Å²) in [6.07, 6.45) is 1.55. The van der Waals surface area contributed by atoms with Gasteiger partial charge in [0.2, 0.25) is 0 Å². The second-order valence-electron chi connectivity index (χ2n) is 4.46. The van der Waals surface area contributed by atoms with Crippen LogP contribution in [0.4, 0.5) is 11.4 Å². The predicted octanol–water partition coefficient (Wildman–Crippen LogP) is 1.59. The summed E-state index contributed by atoms with van der Waals surface area (Å²) in [5, 5.41) is 30.6. The van der Waals surface area contributed by atoms with E-state index in [9.17, 15) is 14.9 Å². The van der Waals surface area contributed by atoms with E-state index in [1.807, 2.05) is 6.92 Å². The lowest BCUT2D eigenvalue weighted by molar-refractivity contribution is -0.385. The molecular weight excluding hydrogens is 278 g/mol. The van der Waals surface area contributed by atoms with Crippen molar-refractivity contribution in [2.24, 2.45) is 7.05 Å². The molecule has 0 saturated heterocycles. The molecule has 0 aliphatic heterocycles. The van der Waals surface area contributed by atoms with E-state index in [1.54, 1.807) is 17.9 Å². The molecule has 1 heterocycles. The zero-order valence-electron chi connectivity index (χ0n) is 11.3. The van der Waals surface area contributed by atoms with Crippen molar-refractivity contribution in [1.82, 2.24) is 14.8 Å². The lowest BCUT2D eigenvalue weighted by atomic mass is 10.1. The summed E-state index contributed by atoms with van der Waals surface area (Å²) in [4.78, 5) is 21.2. The van der Waals surface area contributed by atoms with E-state index >= 15 is 0 Å². The zero-order chi connectivity index (χ0) is 15.6. The van der Waals surface area contributed by atoms with Crippen LogP contribution in [-0.4, -0.2) is 30.8 Å². The minimum atomic E-state index is -1.34. The van der Waals surface area contributed by atoms with Crippen LogP contribution >= 0.6 is 0 Å². The first-order valence-corrected chi connectivity index (χ1v) is 6.02. The van der Waals surface area contributed by atoms with Crippen LogP contribution in [0.15, 0.2) is 24.5 Å². The van der Waals surface area contributed by atoms with Crippen molar-refractivity contribution in [2.75, 3.05) is 5.32 Å². The Morgan fingerprint density at radius 2 is 2.24 bits per heavy atom. The molecule has 2 rings (SSSR count). The fraction of sp³-hybridized carbons (Fsp3) is 0.250. The fourth-order valence-electron chi connectivity index (χ4n) is 1.95. The van der Waals surface area contributed by atoms with Crippen molar-refractivity contribution < 1.29 is 14.8 Å². The molecule has 0 spiro atoms. The molecule has 0 radical (unpaired) electrons. The number of nitrogens with one attached hydrogen (secondary N) is 1. The lowest BCUT2D eigenvalue weighted by Gasteiger charge is -2.14. The number of hydrogen-bond acceptors (Lipinski definition) is 6. The second-order valence-corrected chi connectivity index (χ2v) is 4.46. The molecule has 110 valence electrons. The highest BCUT2D eigenvalue weighted by atomic mass is 16.6. The Hall–Kier alpha value is -2.97. The van der Waals surface area contributed by atoms with Crippen LogP contribution in [0.5, 0.6) is 0 Å². The van der Waals surface area contributed by atoms with E-state index in [4.69, 9.17) is 5.11 Å². The maximum Gasteiger partial charge on any atom is 0.342 e. The van der Waals surface area contributed by atoms with Gasteiger partial charge in [-0.1, -0.05) is 0 Å². The van der Waals surface area contributed by atoms with Crippen molar-refractivity contribution in [3.63, 3.8) is 0 Å². The lowest BCUT2D eigenvalue weighted by Crippen LogP contribution is -2.12. The third-order valence-corrected chi connectivity index (χ3v) is 2.94. The molecule has 1 unspecified atom stereocenters. The first kappa shape index (κ1) is 14.4. The zero-order valence-corrected chi connectivity index (χ0v) is 11.3. The summed E-state index contributed by atoms with van der Waals surface area (Å²) >= 11 is 0. The van der Waals surface area contributed by atoms with Crippen molar-refractivity contribution >= 4 is 17.3 Å². The number of carboxylic acids is 1. The predicted molar refractivity (Wildman–Crippen MR) is 73.1 cm³/mol. The molecule has 21 heavy (non-hydrogen) atoms. The van der Waals surface area contributed by atoms with Crippen LogP contribution < -0.4 is 5.32 Å². The Bertz CT molecular complexity index is 697. The van der Waals surface area contributed by atoms with Gasteiger partial charge in [0.1, 0.15) is 11.9 Å². The third-order valence-electron chi connectivity index (χ3n) is 2.94. The van der Waals surface area contributed by atoms with Gasteiger partial charge in [-0.3, -0.25) is 10.1 Å². The van der Waals surface area contributed by atoms with Gasteiger partial charge in [-0.2, -0.15) is 0 Å². The largest absolute Gasteiger partial charge is 0.477 e. The maximum absolute atomic E-state index is 10.9. The Balaban J connectivity index is 2.29. The monoisotopic (exact) mass is 291 g/mol. The van der Waals surface area contributed by atoms with Crippen LogP contribution in [0.2, 0.25) is 0 Å². The van der Waals surface area contributed by atoms with Crippen molar-refractivity contribution in [3.05, 3.63) is 46.0 Å². The Morgan fingerprint density at radius 3 is 2.76 bits per heavy atom. The Labute approximate surface area is 119 Å². The molecule has 1 atom stereocenters. The molecule has 2 aromatic rings. The Kier molecular flexibility index (Phi) is 3.83. The number of aryl methyl sites for hydroxylation is 1. The molecule has 0 saturated carbocycles. The van der Waals surface area contributed by atoms with E-state index in [0.717, 1.165) is 0 Å². The number of aromatic carboxylic acids is 1. The number of nitro benzene ring substituents is 1. The molecule has 0 fully saturated rings. The number of nitrogens with zero attached hydrogens (tertiary/aromatic N) is 4. The summed E-state index contributed by atoms with van der Waals surface area (Å²) in [6.45, 7) is 1.82. The van der Waals surface area contributed by atoms with E-state index in [0.29, 0.717) is 11.5 Å². The highest BCUT2D eigenvalue weighted by Crippen LogP contribution is 2.25. The normalized spacial score (nSPS) is 11.9. The number of carboxylic acid groups (broad SMARTS) is 1. The average molecular weight is 291 g/mol. The Morgan fingerprint density at radius 1 is 1.52 bits per heavy atom. The van der Waals surface area contributed by atoms with Gasteiger partial charge in [-0.05, 0) is 19.1 Å². The van der Waals surface area contributed by atoms with Crippen LogP contribution in [-0.2, 0) is 7.05 Å². The number of nitro groups is 1. The van der Waals surface area contributed by atoms with Crippen LogP contribution in [0.3, 0.4) is 0 Å². The fourth-order valence-corrected chi connectivity index (χ4v) is 1.95. The van der Waals surface area contributed by atoms with E-state index < -0.39 is 16.6 Å². The third kappa shape index (κ3) is 2.96. The summed E-state index contributed by atoms with van der Waals surface area (Å²) in [5.74, 6) is -0.686. The van der Waals surface area contributed by atoms with Gasteiger partial charge < -0.3 is 15.0 Å². The highest BCUT2D eigenvalue weighted by Gasteiger charge is 2.21. The number of hydrogen-bond donors (Lipinski definition) is 2. The molecular formula is C12H13N5O4. The summed E-state index contributed by atoms with van der Waals surface area (Å²) in [7, 11) is 1.78. The number of carbonyl (C=O) groups is 1. The molecule has 9 heteroatoms. The van der Waals surface area contributed by atoms with Gasteiger partial charge in [-0.15, -0.1) is 10.2 Å². The number of benzene rings is 1. The number of rotatable bonds is 5. The molecule has 9 nitrogen and oxygen atoms in total. The average Bonchev–Trinajstić information content (AvgIpc) is 2.84. The molecule has 2 N–H and O–H groups in total. The quantitative estimate of drug-likeness (QED) is 0.633.